The number of amides is 1. The van der Waals surface area contributed by atoms with Crippen LogP contribution in [0.4, 0.5) is 5.82 Å². The van der Waals surface area contributed by atoms with Crippen molar-refractivity contribution in [2.75, 3.05) is 18.6 Å². The van der Waals surface area contributed by atoms with Gasteiger partial charge in [0.2, 0.25) is 5.91 Å². The number of hydrogen-bond acceptors (Lipinski definition) is 2. The number of carbonyl (C=O) groups excluding carboxylic acids is 1. The summed E-state index contributed by atoms with van der Waals surface area (Å²) in [4.78, 5) is 16.2. The molecule has 1 rings (SSSR count). The molecule has 0 aliphatic rings. The molecule has 1 heterocycles. The Morgan fingerprint density at radius 3 is 2.86 bits per heavy atom. The van der Waals surface area contributed by atoms with Crippen molar-refractivity contribution in [3.8, 4) is 0 Å². The molecule has 0 saturated carbocycles. The average molecular weight is 196 g/mol. The third kappa shape index (κ3) is 2.14. The number of rotatable bonds is 4. The molecule has 78 valence electrons. The van der Waals surface area contributed by atoms with Gasteiger partial charge in [-0.05, 0) is 18.6 Å². The second kappa shape index (κ2) is 4.81. The van der Waals surface area contributed by atoms with Gasteiger partial charge in [0.15, 0.2) is 0 Å². The molecule has 1 unspecified atom stereocenters. The largest absolute Gasteiger partial charge is 0.396 e. The number of hydrogen-bond donors (Lipinski definition) is 2. The van der Waals surface area contributed by atoms with Gasteiger partial charge in [0, 0.05) is 13.2 Å². The number of H-pyrrole nitrogens is 1. The summed E-state index contributed by atoms with van der Waals surface area (Å²) in [5.74, 6) is 0.391. The maximum Gasteiger partial charge on any atom is 0.233 e. The summed E-state index contributed by atoms with van der Waals surface area (Å²) in [5.41, 5.74) is 0. The molecule has 4 heteroatoms. The lowest BCUT2D eigenvalue weighted by Gasteiger charge is -2.20. The molecular formula is C10H16N2O2. The molecule has 1 aromatic rings. The van der Waals surface area contributed by atoms with Crippen molar-refractivity contribution in [3.63, 3.8) is 0 Å². The highest BCUT2D eigenvalue weighted by Gasteiger charge is 2.20. The Labute approximate surface area is 83.5 Å². The van der Waals surface area contributed by atoms with Gasteiger partial charge in [-0.25, -0.2) is 0 Å². The quantitative estimate of drug-likeness (QED) is 0.754. The summed E-state index contributed by atoms with van der Waals surface area (Å²) in [6.07, 6.45) is 2.42. The first kappa shape index (κ1) is 10.8. The van der Waals surface area contributed by atoms with Gasteiger partial charge in [0.05, 0.1) is 12.5 Å². The number of aromatic amines is 1. The summed E-state index contributed by atoms with van der Waals surface area (Å²) in [5, 5.41) is 8.99. The molecule has 0 aromatic carbocycles. The van der Waals surface area contributed by atoms with Crippen LogP contribution in [0, 0.1) is 5.92 Å². The smallest absolute Gasteiger partial charge is 0.233 e. The van der Waals surface area contributed by atoms with E-state index in [1.807, 2.05) is 19.1 Å². The zero-order chi connectivity index (χ0) is 10.6. The summed E-state index contributed by atoms with van der Waals surface area (Å²) in [6, 6.07) is 3.65. The maximum absolute atomic E-state index is 11.7. The molecule has 0 saturated heterocycles. The number of aromatic nitrogens is 1. The molecule has 1 atom stereocenters. The molecule has 0 aliphatic carbocycles. The second-order valence-electron chi connectivity index (χ2n) is 3.24. The van der Waals surface area contributed by atoms with E-state index in [2.05, 4.69) is 4.98 Å². The monoisotopic (exact) mass is 196 g/mol. The molecule has 1 amide bonds. The third-order valence-corrected chi connectivity index (χ3v) is 2.34. The predicted octanol–water partition coefficient (Wildman–Crippen LogP) is 0.996. The van der Waals surface area contributed by atoms with Crippen LogP contribution in [0.2, 0.25) is 0 Å². The van der Waals surface area contributed by atoms with E-state index in [0.717, 1.165) is 5.82 Å². The number of aliphatic hydroxyl groups is 1. The molecule has 0 aliphatic heterocycles. The van der Waals surface area contributed by atoms with Gasteiger partial charge in [0.1, 0.15) is 5.82 Å². The Morgan fingerprint density at radius 2 is 2.43 bits per heavy atom. The van der Waals surface area contributed by atoms with Crippen LogP contribution in [0.3, 0.4) is 0 Å². The lowest BCUT2D eigenvalue weighted by Crippen LogP contribution is -2.34. The van der Waals surface area contributed by atoms with E-state index in [-0.39, 0.29) is 18.4 Å². The zero-order valence-corrected chi connectivity index (χ0v) is 8.53. The van der Waals surface area contributed by atoms with E-state index in [1.54, 1.807) is 13.2 Å². The van der Waals surface area contributed by atoms with Gasteiger partial charge < -0.3 is 15.0 Å². The fourth-order valence-corrected chi connectivity index (χ4v) is 1.30. The number of carbonyl (C=O) groups is 1. The van der Waals surface area contributed by atoms with Gasteiger partial charge >= 0.3 is 0 Å². The molecule has 14 heavy (non-hydrogen) atoms. The SMILES string of the molecule is CCC(CO)C(=O)N(C)c1ccc[nH]1. The number of nitrogens with one attached hydrogen (secondary N) is 1. The molecular weight excluding hydrogens is 180 g/mol. The maximum atomic E-state index is 11.7. The Kier molecular flexibility index (Phi) is 3.71. The van der Waals surface area contributed by atoms with Crippen molar-refractivity contribution >= 4 is 11.7 Å². The van der Waals surface area contributed by atoms with Crippen LogP contribution in [-0.4, -0.2) is 29.7 Å². The summed E-state index contributed by atoms with van der Waals surface area (Å²) in [7, 11) is 1.70. The highest BCUT2D eigenvalue weighted by atomic mass is 16.3. The van der Waals surface area contributed by atoms with Crippen molar-refractivity contribution in [1.29, 1.82) is 0 Å². The van der Waals surface area contributed by atoms with Gasteiger partial charge in [-0.2, -0.15) is 0 Å². The van der Waals surface area contributed by atoms with Crippen LogP contribution in [0.1, 0.15) is 13.3 Å². The van der Waals surface area contributed by atoms with Crippen LogP contribution in [0.15, 0.2) is 18.3 Å². The topological polar surface area (TPSA) is 56.3 Å². The summed E-state index contributed by atoms with van der Waals surface area (Å²) < 4.78 is 0. The van der Waals surface area contributed by atoms with E-state index < -0.39 is 0 Å². The standard InChI is InChI=1S/C10H16N2O2/c1-3-8(7-13)10(14)12(2)9-5-4-6-11-9/h4-6,8,11,13H,3,7H2,1-2H3. The first-order valence-corrected chi connectivity index (χ1v) is 4.72. The van der Waals surface area contributed by atoms with Gasteiger partial charge in [-0.1, -0.05) is 6.92 Å². The Hall–Kier alpha value is -1.29. The normalized spacial score (nSPS) is 12.5. The molecule has 2 N–H and O–H groups in total. The van der Waals surface area contributed by atoms with Crippen molar-refractivity contribution in [2.24, 2.45) is 5.92 Å². The molecule has 0 radical (unpaired) electrons. The molecule has 0 spiro atoms. The number of aliphatic hydroxyl groups excluding tert-OH is 1. The van der Waals surface area contributed by atoms with E-state index in [4.69, 9.17) is 5.11 Å². The van der Waals surface area contributed by atoms with Crippen molar-refractivity contribution in [1.82, 2.24) is 4.98 Å². The van der Waals surface area contributed by atoms with Crippen molar-refractivity contribution < 1.29 is 9.90 Å². The van der Waals surface area contributed by atoms with Crippen molar-refractivity contribution in [2.45, 2.75) is 13.3 Å². The van der Waals surface area contributed by atoms with Crippen LogP contribution < -0.4 is 4.90 Å². The number of nitrogens with zero attached hydrogens (tertiary/aromatic N) is 1. The predicted molar refractivity (Wildman–Crippen MR) is 55.1 cm³/mol. The van der Waals surface area contributed by atoms with Gasteiger partial charge in [-0.15, -0.1) is 0 Å². The highest BCUT2D eigenvalue weighted by Crippen LogP contribution is 2.13. The fraction of sp³-hybridized carbons (Fsp3) is 0.500. The van der Waals surface area contributed by atoms with Gasteiger partial charge in [0.25, 0.3) is 0 Å². The van der Waals surface area contributed by atoms with Crippen molar-refractivity contribution in [3.05, 3.63) is 18.3 Å². The van der Waals surface area contributed by atoms with E-state index >= 15 is 0 Å². The van der Waals surface area contributed by atoms with Gasteiger partial charge in [-0.3, -0.25) is 4.79 Å². The summed E-state index contributed by atoms with van der Waals surface area (Å²) >= 11 is 0. The lowest BCUT2D eigenvalue weighted by molar-refractivity contribution is -0.123. The average Bonchev–Trinajstić information content (AvgIpc) is 2.71. The first-order valence-electron chi connectivity index (χ1n) is 4.72. The minimum Gasteiger partial charge on any atom is -0.396 e. The number of anilines is 1. The van der Waals surface area contributed by atoms with E-state index in [9.17, 15) is 4.79 Å². The third-order valence-electron chi connectivity index (χ3n) is 2.34. The highest BCUT2D eigenvalue weighted by molar-refractivity contribution is 5.93. The van der Waals surface area contributed by atoms with Crippen LogP contribution >= 0.6 is 0 Å². The molecule has 1 aromatic heterocycles. The van der Waals surface area contributed by atoms with E-state index in [1.165, 1.54) is 4.90 Å². The first-order chi connectivity index (χ1) is 6.70. The summed E-state index contributed by atoms with van der Waals surface area (Å²) in [6.45, 7) is 1.79. The second-order valence-corrected chi connectivity index (χ2v) is 3.24. The molecule has 0 bridgehead atoms. The Balaban J connectivity index is 2.69. The van der Waals surface area contributed by atoms with Crippen LogP contribution in [0.25, 0.3) is 0 Å². The molecule has 4 nitrogen and oxygen atoms in total. The Bertz CT molecular complexity index is 278. The fourth-order valence-electron chi connectivity index (χ4n) is 1.30. The Morgan fingerprint density at radius 1 is 1.71 bits per heavy atom. The van der Waals surface area contributed by atoms with Crippen LogP contribution in [-0.2, 0) is 4.79 Å². The minimum atomic E-state index is -0.303. The van der Waals surface area contributed by atoms with E-state index in [0.29, 0.717) is 6.42 Å². The molecule has 0 fully saturated rings. The van der Waals surface area contributed by atoms with Crippen LogP contribution in [0.5, 0.6) is 0 Å². The minimum absolute atomic E-state index is 0.0579. The lowest BCUT2D eigenvalue weighted by atomic mass is 10.1. The zero-order valence-electron chi connectivity index (χ0n) is 8.53.